The molecule has 0 bridgehead atoms. The van der Waals surface area contributed by atoms with Gasteiger partial charge in [0, 0.05) is 0 Å². The van der Waals surface area contributed by atoms with Gasteiger partial charge in [-0.2, -0.15) is 0 Å². The van der Waals surface area contributed by atoms with Crippen LogP contribution in [0.4, 0.5) is 0 Å². The maximum atomic E-state index is 12.2. The summed E-state index contributed by atoms with van der Waals surface area (Å²) in [5, 5.41) is 13.5. The van der Waals surface area contributed by atoms with Crippen LogP contribution in [0.3, 0.4) is 0 Å². The van der Waals surface area contributed by atoms with Gasteiger partial charge in [0.15, 0.2) is 0 Å². The van der Waals surface area contributed by atoms with E-state index in [0.717, 1.165) is 32.7 Å². The van der Waals surface area contributed by atoms with Crippen LogP contribution < -0.4 is 4.74 Å². The molecule has 0 aliphatic carbocycles. The lowest BCUT2D eigenvalue weighted by Crippen LogP contribution is -2.05. The Morgan fingerprint density at radius 1 is 0.857 bits per heavy atom. The van der Waals surface area contributed by atoms with Crippen LogP contribution in [-0.2, 0) is 4.74 Å². The van der Waals surface area contributed by atoms with Gasteiger partial charge in [-0.15, -0.1) is 0 Å². The molecule has 4 aromatic rings. The number of hydrogen-bond acceptors (Lipinski definition) is 4. The fourth-order valence-corrected chi connectivity index (χ4v) is 4.13. The van der Waals surface area contributed by atoms with Crippen molar-refractivity contribution < 1.29 is 19.4 Å². The fourth-order valence-electron chi connectivity index (χ4n) is 3.40. The highest BCUT2D eigenvalue weighted by Gasteiger charge is 2.19. The molecule has 0 aliphatic rings. The first-order valence-corrected chi connectivity index (χ1v) is 9.43. The molecule has 0 atom stereocenters. The van der Waals surface area contributed by atoms with Gasteiger partial charge in [0.25, 0.3) is 0 Å². The molecule has 0 amide bonds. The highest BCUT2D eigenvalue weighted by atomic mass is 79.9. The smallest absolute Gasteiger partial charge is 0.341 e. The third-order valence-electron chi connectivity index (χ3n) is 4.80. The number of rotatable bonds is 3. The zero-order chi connectivity index (χ0) is 19.8. The van der Waals surface area contributed by atoms with Crippen LogP contribution in [0, 0.1) is 0 Å². The number of carbonyl (C=O) groups is 1. The Hall–Kier alpha value is -3.05. The van der Waals surface area contributed by atoms with Crippen LogP contribution in [0.15, 0.2) is 65.1 Å². The van der Waals surface area contributed by atoms with Crippen molar-refractivity contribution in [2.45, 2.75) is 0 Å². The van der Waals surface area contributed by atoms with E-state index >= 15 is 0 Å². The van der Waals surface area contributed by atoms with E-state index in [1.807, 2.05) is 36.4 Å². The zero-order valence-electron chi connectivity index (χ0n) is 15.3. The molecule has 4 rings (SSSR count). The Kier molecular flexibility index (Phi) is 4.69. The molecule has 0 heterocycles. The van der Waals surface area contributed by atoms with Crippen molar-refractivity contribution in [3.05, 3.63) is 70.7 Å². The molecule has 4 nitrogen and oxygen atoms in total. The quantitative estimate of drug-likeness (QED) is 0.404. The fraction of sp³-hybridized carbons (Fsp3) is 0.0870. The van der Waals surface area contributed by atoms with E-state index in [2.05, 4.69) is 22.0 Å². The number of methoxy groups -OCH3 is 2. The Bertz CT molecular complexity index is 1230. The highest BCUT2D eigenvalue weighted by molar-refractivity contribution is 9.10. The molecule has 0 saturated heterocycles. The number of ether oxygens (including phenoxy) is 2. The minimum atomic E-state index is -0.449. The van der Waals surface area contributed by atoms with E-state index in [4.69, 9.17) is 9.47 Å². The number of aromatic hydroxyl groups is 1. The van der Waals surface area contributed by atoms with Crippen molar-refractivity contribution in [1.82, 2.24) is 0 Å². The first-order valence-electron chi connectivity index (χ1n) is 8.63. The topological polar surface area (TPSA) is 55.8 Å². The van der Waals surface area contributed by atoms with Crippen LogP contribution >= 0.6 is 15.9 Å². The number of benzene rings is 4. The summed E-state index contributed by atoms with van der Waals surface area (Å²) in [6.07, 6.45) is 0. The monoisotopic (exact) mass is 436 g/mol. The average molecular weight is 437 g/mol. The predicted molar refractivity (Wildman–Crippen MR) is 114 cm³/mol. The number of phenols is 1. The molecule has 0 aromatic heterocycles. The van der Waals surface area contributed by atoms with Gasteiger partial charge in [0.05, 0.1) is 18.7 Å². The highest BCUT2D eigenvalue weighted by Crippen LogP contribution is 2.39. The molecule has 0 spiro atoms. The molecule has 0 saturated carbocycles. The third kappa shape index (κ3) is 3.08. The van der Waals surface area contributed by atoms with Gasteiger partial charge in [-0.3, -0.25) is 0 Å². The van der Waals surface area contributed by atoms with Gasteiger partial charge in [-0.05, 0) is 78.9 Å². The summed E-state index contributed by atoms with van der Waals surface area (Å²) in [5.74, 6) is 0.257. The van der Waals surface area contributed by atoms with Crippen LogP contribution in [-0.4, -0.2) is 25.3 Å². The molecule has 28 heavy (non-hydrogen) atoms. The Balaban J connectivity index is 1.89. The van der Waals surface area contributed by atoms with Crippen molar-refractivity contribution in [2.75, 3.05) is 14.2 Å². The first-order chi connectivity index (χ1) is 13.5. The maximum absolute atomic E-state index is 12.2. The standard InChI is InChI=1S/C23H17BrO4/c1-27-22-20(23(26)28-2)12-17-10-15(6-8-19(17)21(22)24)13-3-4-16-11-18(25)7-5-14(16)9-13/h3-12,25H,1-2H3. The number of phenolic OH excluding ortho intramolecular Hbond substituents is 1. The van der Waals surface area contributed by atoms with Gasteiger partial charge < -0.3 is 14.6 Å². The molecular formula is C23H17BrO4. The van der Waals surface area contributed by atoms with Gasteiger partial charge in [-0.1, -0.05) is 30.3 Å². The van der Waals surface area contributed by atoms with E-state index in [1.54, 1.807) is 18.2 Å². The second-order valence-corrected chi connectivity index (χ2v) is 7.24. The molecule has 5 heteroatoms. The van der Waals surface area contributed by atoms with Crippen LogP contribution in [0.25, 0.3) is 32.7 Å². The molecule has 1 N–H and O–H groups in total. The SMILES string of the molecule is COC(=O)c1cc2cc(-c3ccc4cc(O)ccc4c3)ccc2c(Br)c1OC. The van der Waals surface area contributed by atoms with Gasteiger partial charge in [0.2, 0.25) is 0 Å². The van der Waals surface area contributed by atoms with Gasteiger partial charge in [-0.25, -0.2) is 4.79 Å². The average Bonchev–Trinajstić information content (AvgIpc) is 2.72. The minimum Gasteiger partial charge on any atom is -0.508 e. The molecule has 0 fully saturated rings. The lowest BCUT2D eigenvalue weighted by Gasteiger charge is -2.13. The second-order valence-electron chi connectivity index (χ2n) is 6.45. The third-order valence-corrected chi connectivity index (χ3v) is 5.59. The molecule has 0 radical (unpaired) electrons. The molecule has 0 aliphatic heterocycles. The van der Waals surface area contributed by atoms with E-state index in [1.165, 1.54) is 14.2 Å². The van der Waals surface area contributed by atoms with Crippen molar-refractivity contribution in [1.29, 1.82) is 0 Å². The number of carbonyl (C=O) groups excluding carboxylic acids is 1. The predicted octanol–water partition coefficient (Wildman–Crippen LogP) is 5.92. The zero-order valence-corrected chi connectivity index (χ0v) is 16.9. The van der Waals surface area contributed by atoms with Crippen LogP contribution in [0.2, 0.25) is 0 Å². The molecule has 0 unspecified atom stereocenters. The number of halogens is 1. The number of hydrogen-bond donors (Lipinski definition) is 1. The second kappa shape index (κ2) is 7.17. The van der Waals surface area contributed by atoms with E-state index in [9.17, 15) is 9.90 Å². The molecule has 4 aromatic carbocycles. The number of esters is 1. The van der Waals surface area contributed by atoms with E-state index < -0.39 is 5.97 Å². The van der Waals surface area contributed by atoms with E-state index in [0.29, 0.717) is 15.8 Å². The van der Waals surface area contributed by atoms with Crippen LogP contribution in [0.1, 0.15) is 10.4 Å². The van der Waals surface area contributed by atoms with Gasteiger partial charge >= 0.3 is 5.97 Å². The Labute approximate surface area is 170 Å². The first kappa shape index (κ1) is 18.3. The summed E-state index contributed by atoms with van der Waals surface area (Å²) in [6, 6.07) is 19.2. The molecular weight excluding hydrogens is 420 g/mol. The van der Waals surface area contributed by atoms with Crippen molar-refractivity contribution in [2.24, 2.45) is 0 Å². The maximum Gasteiger partial charge on any atom is 0.341 e. The summed E-state index contributed by atoms with van der Waals surface area (Å²) in [5.41, 5.74) is 2.44. The summed E-state index contributed by atoms with van der Waals surface area (Å²) in [4.78, 5) is 12.2. The minimum absolute atomic E-state index is 0.250. The van der Waals surface area contributed by atoms with E-state index in [-0.39, 0.29) is 5.75 Å². The molecule has 140 valence electrons. The largest absolute Gasteiger partial charge is 0.508 e. The Morgan fingerprint density at radius 3 is 2.21 bits per heavy atom. The lowest BCUT2D eigenvalue weighted by molar-refractivity contribution is 0.0597. The van der Waals surface area contributed by atoms with Gasteiger partial charge in [0.1, 0.15) is 17.1 Å². The van der Waals surface area contributed by atoms with Crippen molar-refractivity contribution in [3.63, 3.8) is 0 Å². The summed E-state index contributed by atoms with van der Waals surface area (Å²) in [6.45, 7) is 0. The van der Waals surface area contributed by atoms with Crippen molar-refractivity contribution in [3.8, 4) is 22.6 Å². The van der Waals surface area contributed by atoms with Crippen molar-refractivity contribution >= 4 is 43.4 Å². The summed E-state index contributed by atoms with van der Waals surface area (Å²) < 4.78 is 11.0. The summed E-state index contributed by atoms with van der Waals surface area (Å²) in [7, 11) is 2.88. The number of fused-ring (bicyclic) bond motifs is 2. The summed E-state index contributed by atoms with van der Waals surface area (Å²) >= 11 is 3.55. The normalized spacial score (nSPS) is 11.0. The Morgan fingerprint density at radius 2 is 1.50 bits per heavy atom. The lowest BCUT2D eigenvalue weighted by atomic mass is 9.97. The van der Waals surface area contributed by atoms with Crippen LogP contribution in [0.5, 0.6) is 11.5 Å².